The van der Waals surface area contributed by atoms with Crippen LogP contribution in [-0.4, -0.2) is 49.0 Å². The minimum Gasteiger partial charge on any atom is -0.323 e. The number of hydrogen-bond acceptors (Lipinski definition) is 5. The van der Waals surface area contributed by atoms with E-state index in [2.05, 4.69) is 22.8 Å². The Morgan fingerprint density at radius 2 is 1.89 bits per heavy atom. The molecule has 6 nitrogen and oxygen atoms in total. The van der Waals surface area contributed by atoms with E-state index in [0.29, 0.717) is 11.3 Å². The van der Waals surface area contributed by atoms with Crippen molar-refractivity contribution in [3.63, 3.8) is 0 Å². The zero-order chi connectivity index (χ0) is 13.0. The van der Waals surface area contributed by atoms with E-state index in [-0.39, 0.29) is 5.91 Å². The summed E-state index contributed by atoms with van der Waals surface area (Å²) in [6.45, 7) is 3.58. The predicted octanol–water partition coefficient (Wildman–Crippen LogP) is -0.136. The number of carbonyl (C=O) groups excluding carboxylic acids is 1. The normalized spacial score (nSPS) is 17.4. The Labute approximate surface area is 107 Å². The number of nitrogen functional groups attached to an aromatic ring is 1. The smallest absolute Gasteiger partial charge is 0.267 e. The molecule has 0 spiro atoms. The van der Waals surface area contributed by atoms with Crippen molar-refractivity contribution in [2.75, 3.05) is 38.7 Å². The summed E-state index contributed by atoms with van der Waals surface area (Å²) in [7, 11) is 2.08. The summed E-state index contributed by atoms with van der Waals surface area (Å²) in [5, 5.41) is 1.94. The average Bonchev–Trinajstić information content (AvgIpc) is 2.41. The molecule has 18 heavy (non-hydrogen) atoms. The third kappa shape index (κ3) is 2.98. The number of piperazine rings is 1. The molecule has 1 amide bonds. The molecule has 0 aliphatic carbocycles. The van der Waals surface area contributed by atoms with E-state index >= 15 is 0 Å². The number of likely N-dealkylation sites (N-methyl/N-ethyl adjacent to an activating group) is 1. The summed E-state index contributed by atoms with van der Waals surface area (Å²) in [6.07, 6.45) is 0. The van der Waals surface area contributed by atoms with Crippen molar-refractivity contribution < 1.29 is 4.79 Å². The van der Waals surface area contributed by atoms with E-state index in [1.54, 1.807) is 12.1 Å². The van der Waals surface area contributed by atoms with E-state index in [1.165, 1.54) is 0 Å². The Morgan fingerprint density at radius 1 is 1.22 bits per heavy atom. The Morgan fingerprint density at radius 3 is 2.56 bits per heavy atom. The van der Waals surface area contributed by atoms with Crippen LogP contribution in [0.25, 0.3) is 0 Å². The molecule has 0 bridgehead atoms. The molecule has 0 atom stereocenters. The molecule has 0 unspecified atom stereocenters. The molecule has 1 heterocycles. The third-order valence-corrected chi connectivity index (χ3v) is 3.09. The van der Waals surface area contributed by atoms with Crippen molar-refractivity contribution in [2.24, 2.45) is 5.84 Å². The molecule has 2 rings (SSSR count). The highest BCUT2D eigenvalue weighted by Gasteiger charge is 2.17. The summed E-state index contributed by atoms with van der Waals surface area (Å²) < 4.78 is 0. The lowest BCUT2D eigenvalue weighted by atomic mass is 10.2. The van der Waals surface area contributed by atoms with Crippen molar-refractivity contribution in [2.45, 2.75) is 0 Å². The first-order valence-electron chi connectivity index (χ1n) is 6.01. The Balaban J connectivity index is 1.99. The second-order valence-electron chi connectivity index (χ2n) is 4.42. The minimum absolute atomic E-state index is 0.131. The van der Waals surface area contributed by atoms with Gasteiger partial charge >= 0.3 is 0 Å². The molecule has 0 saturated carbocycles. The Kier molecular flexibility index (Phi) is 4.14. The van der Waals surface area contributed by atoms with E-state index in [9.17, 15) is 4.79 Å². The van der Waals surface area contributed by atoms with Gasteiger partial charge in [0.25, 0.3) is 5.91 Å². The molecular weight excluding hydrogens is 230 g/mol. The first kappa shape index (κ1) is 12.8. The van der Waals surface area contributed by atoms with Gasteiger partial charge in [0.2, 0.25) is 0 Å². The van der Waals surface area contributed by atoms with Gasteiger partial charge in [-0.15, -0.1) is 0 Å². The average molecular weight is 249 g/mol. The molecule has 1 saturated heterocycles. The van der Waals surface area contributed by atoms with Gasteiger partial charge in [-0.2, -0.15) is 0 Å². The first-order valence-corrected chi connectivity index (χ1v) is 6.01. The van der Waals surface area contributed by atoms with Crippen molar-refractivity contribution in [1.82, 2.24) is 15.3 Å². The standard InChI is InChI=1S/C12H19N5O/c1-16-6-8-17(9-7-16)15-12(18)10-4-2-3-5-11(10)14-13/h2-5,14H,6-9,13H2,1H3,(H,15,18). The van der Waals surface area contributed by atoms with Crippen LogP contribution in [0.4, 0.5) is 5.69 Å². The van der Waals surface area contributed by atoms with Crippen LogP contribution in [0.2, 0.25) is 0 Å². The van der Waals surface area contributed by atoms with Crippen LogP contribution in [0.1, 0.15) is 10.4 Å². The molecule has 4 N–H and O–H groups in total. The Bertz CT molecular complexity index is 415. The number of carbonyl (C=O) groups is 1. The summed E-state index contributed by atoms with van der Waals surface area (Å²) in [5.41, 5.74) is 6.62. The molecule has 1 aromatic carbocycles. The van der Waals surface area contributed by atoms with Crippen LogP contribution in [0.5, 0.6) is 0 Å². The van der Waals surface area contributed by atoms with Gasteiger partial charge in [-0.1, -0.05) is 12.1 Å². The van der Waals surface area contributed by atoms with Crippen LogP contribution in [-0.2, 0) is 0 Å². The Hall–Kier alpha value is -1.63. The van der Waals surface area contributed by atoms with Gasteiger partial charge in [-0.25, -0.2) is 5.01 Å². The third-order valence-electron chi connectivity index (χ3n) is 3.09. The second-order valence-corrected chi connectivity index (χ2v) is 4.42. The SMILES string of the molecule is CN1CCN(NC(=O)c2ccccc2NN)CC1. The van der Waals surface area contributed by atoms with Crippen LogP contribution < -0.4 is 16.7 Å². The number of nitrogens with two attached hydrogens (primary N) is 1. The molecule has 1 aliphatic rings. The maximum Gasteiger partial charge on any atom is 0.267 e. The fourth-order valence-corrected chi connectivity index (χ4v) is 1.93. The van der Waals surface area contributed by atoms with E-state index in [1.807, 2.05) is 17.1 Å². The number of benzene rings is 1. The highest BCUT2D eigenvalue weighted by Crippen LogP contribution is 2.13. The summed E-state index contributed by atoms with van der Waals surface area (Å²) >= 11 is 0. The summed E-state index contributed by atoms with van der Waals surface area (Å²) in [6, 6.07) is 7.18. The fourth-order valence-electron chi connectivity index (χ4n) is 1.93. The number of anilines is 1. The number of nitrogens with one attached hydrogen (secondary N) is 2. The highest BCUT2D eigenvalue weighted by atomic mass is 16.2. The number of para-hydroxylation sites is 1. The lowest BCUT2D eigenvalue weighted by Gasteiger charge is -2.32. The maximum absolute atomic E-state index is 12.1. The molecule has 6 heteroatoms. The van der Waals surface area contributed by atoms with Crippen LogP contribution in [0, 0.1) is 0 Å². The number of hydrazine groups is 2. The highest BCUT2D eigenvalue weighted by molar-refractivity contribution is 5.99. The zero-order valence-electron chi connectivity index (χ0n) is 10.5. The van der Waals surface area contributed by atoms with Crippen LogP contribution >= 0.6 is 0 Å². The number of nitrogens with zero attached hydrogens (tertiary/aromatic N) is 2. The van der Waals surface area contributed by atoms with Gasteiger partial charge in [0.05, 0.1) is 11.3 Å². The molecular formula is C12H19N5O. The van der Waals surface area contributed by atoms with Crippen LogP contribution in [0.3, 0.4) is 0 Å². The monoisotopic (exact) mass is 249 g/mol. The topological polar surface area (TPSA) is 73.6 Å². The maximum atomic E-state index is 12.1. The lowest BCUT2D eigenvalue weighted by Crippen LogP contribution is -2.52. The zero-order valence-corrected chi connectivity index (χ0v) is 10.5. The van der Waals surface area contributed by atoms with E-state index in [0.717, 1.165) is 26.2 Å². The molecule has 1 aliphatic heterocycles. The first-order chi connectivity index (χ1) is 8.70. The van der Waals surface area contributed by atoms with Crippen molar-refractivity contribution in [3.8, 4) is 0 Å². The molecule has 0 aromatic heterocycles. The largest absolute Gasteiger partial charge is 0.323 e. The van der Waals surface area contributed by atoms with Crippen molar-refractivity contribution in [1.29, 1.82) is 0 Å². The van der Waals surface area contributed by atoms with Gasteiger partial charge in [-0.05, 0) is 19.2 Å². The molecule has 98 valence electrons. The number of rotatable bonds is 3. The summed E-state index contributed by atoms with van der Waals surface area (Å²) in [4.78, 5) is 14.3. The van der Waals surface area contributed by atoms with E-state index in [4.69, 9.17) is 5.84 Å². The van der Waals surface area contributed by atoms with Gasteiger partial charge in [0.1, 0.15) is 0 Å². The van der Waals surface area contributed by atoms with Crippen molar-refractivity contribution in [3.05, 3.63) is 29.8 Å². The van der Waals surface area contributed by atoms with Gasteiger partial charge < -0.3 is 10.3 Å². The van der Waals surface area contributed by atoms with Crippen molar-refractivity contribution >= 4 is 11.6 Å². The van der Waals surface area contributed by atoms with E-state index < -0.39 is 0 Å². The molecule has 0 radical (unpaired) electrons. The van der Waals surface area contributed by atoms with Gasteiger partial charge in [0.15, 0.2) is 0 Å². The van der Waals surface area contributed by atoms with Gasteiger partial charge in [-0.3, -0.25) is 16.1 Å². The van der Waals surface area contributed by atoms with Gasteiger partial charge in [0, 0.05) is 26.2 Å². The summed E-state index contributed by atoms with van der Waals surface area (Å²) in [5.74, 6) is 5.26. The fraction of sp³-hybridized carbons (Fsp3) is 0.417. The number of amides is 1. The lowest BCUT2D eigenvalue weighted by molar-refractivity contribution is 0.0663. The van der Waals surface area contributed by atoms with Crippen LogP contribution in [0.15, 0.2) is 24.3 Å². The predicted molar refractivity (Wildman–Crippen MR) is 70.8 cm³/mol. The molecule has 1 fully saturated rings. The molecule has 1 aromatic rings. The quantitative estimate of drug-likeness (QED) is 0.514. The second kappa shape index (κ2) is 5.81. The number of hydrogen-bond donors (Lipinski definition) is 3. The minimum atomic E-state index is -0.131.